The Morgan fingerprint density at radius 1 is 1.00 bits per heavy atom. The molecular formula is C18H19NO5. The summed E-state index contributed by atoms with van der Waals surface area (Å²) in [5.41, 5.74) is 0.484. The minimum Gasteiger partial charge on any atom is -0.294 e. The van der Waals surface area contributed by atoms with Gasteiger partial charge >= 0.3 is 0 Å². The Balaban J connectivity index is 2.26. The minimum absolute atomic E-state index is 0.457. The van der Waals surface area contributed by atoms with Gasteiger partial charge in [0.1, 0.15) is 5.60 Å². The molecule has 0 saturated heterocycles. The van der Waals surface area contributed by atoms with Crippen molar-refractivity contribution >= 4 is 0 Å². The van der Waals surface area contributed by atoms with Gasteiger partial charge in [-0.2, -0.15) is 0 Å². The number of hydrogen-bond donors (Lipinski definition) is 1. The van der Waals surface area contributed by atoms with Crippen molar-refractivity contribution in [1.29, 1.82) is 0 Å². The number of benzene rings is 2. The molecule has 1 fully saturated rings. The Morgan fingerprint density at radius 2 is 1.42 bits per heavy atom. The van der Waals surface area contributed by atoms with Gasteiger partial charge < -0.3 is 0 Å². The van der Waals surface area contributed by atoms with Crippen LogP contribution in [-0.4, -0.2) is 15.9 Å². The zero-order valence-corrected chi connectivity index (χ0v) is 13.6. The average molecular weight is 329 g/mol. The summed E-state index contributed by atoms with van der Waals surface area (Å²) in [6, 6.07) is 14.5. The second kappa shape index (κ2) is 5.89. The highest BCUT2D eigenvalue weighted by molar-refractivity contribution is 5.44. The fraction of sp³-hybridized carbons (Fsp3) is 0.333. The fourth-order valence-corrected chi connectivity index (χ4v) is 3.19. The molecule has 0 amide bonds. The van der Waals surface area contributed by atoms with Gasteiger partial charge in [0.2, 0.25) is 0 Å². The largest absolute Gasteiger partial charge is 0.295 e. The van der Waals surface area contributed by atoms with E-state index in [9.17, 15) is 15.4 Å². The topological polar surface area (TPSA) is 81.8 Å². The zero-order chi connectivity index (χ0) is 17.4. The van der Waals surface area contributed by atoms with Gasteiger partial charge in [-0.05, 0) is 37.8 Å². The second-order valence-corrected chi connectivity index (χ2v) is 6.31. The maximum Gasteiger partial charge on any atom is 0.295 e. The van der Waals surface area contributed by atoms with Gasteiger partial charge in [-0.3, -0.25) is 10.1 Å². The third-order valence-corrected chi connectivity index (χ3v) is 4.65. The van der Waals surface area contributed by atoms with Crippen molar-refractivity contribution in [3.8, 4) is 0 Å². The Labute approximate surface area is 139 Å². The molecule has 6 heteroatoms. The van der Waals surface area contributed by atoms with E-state index in [0.717, 1.165) is 11.1 Å². The molecule has 0 radical (unpaired) electrons. The van der Waals surface area contributed by atoms with Crippen molar-refractivity contribution in [2.24, 2.45) is 0 Å². The van der Waals surface area contributed by atoms with E-state index in [-0.39, 0.29) is 0 Å². The molecule has 2 aromatic rings. The van der Waals surface area contributed by atoms with Crippen LogP contribution >= 0.6 is 0 Å². The van der Waals surface area contributed by atoms with Gasteiger partial charge in [0.15, 0.2) is 5.60 Å². The molecule has 1 N–H and O–H groups in total. The second-order valence-electron chi connectivity index (χ2n) is 6.31. The summed E-state index contributed by atoms with van der Waals surface area (Å²) in [7, 11) is 0. The Bertz CT molecular complexity index is 690. The lowest BCUT2D eigenvalue weighted by molar-refractivity contribution is -0.786. The van der Waals surface area contributed by atoms with Crippen molar-refractivity contribution in [2.45, 2.75) is 37.9 Å². The summed E-state index contributed by atoms with van der Waals surface area (Å²) in [6.07, 6.45) is 0.915. The Morgan fingerprint density at radius 3 is 1.71 bits per heavy atom. The highest BCUT2D eigenvalue weighted by atomic mass is 17.1. The van der Waals surface area contributed by atoms with E-state index in [0.29, 0.717) is 24.0 Å². The first-order chi connectivity index (χ1) is 11.4. The number of aryl methyl sites for hydroxylation is 2. The predicted molar refractivity (Wildman–Crippen MR) is 86.9 cm³/mol. The van der Waals surface area contributed by atoms with E-state index in [1.54, 1.807) is 24.3 Å². The van der Waals surface area contributed by atoms with Crippen LogP contribution in [0.2, 0.25) is 0 Å². The summed E-state index contributed by atoms with van der Waals surface area (Å²) in [5.74, 6) is 0. The lowest BCUT2D eigenvalue weighted by Crippen LogP contribution is -2.48. The highest BCUT2D eigenvalue weighted by Gasteiger charge is 2.66. The van der Waals surface area contributed by atoms with Gasteiger partial charge in [-0.25, -0.2) is 4.89 Å². The zero-order valence-electron chi connectivity index (χ0n) is 13.6. The summed E-state index contributed by atoms with van der Waals surface area (Å²) < 4.78 is 0. The Hall–Kier alpha value is -2.44. The maximum atomic E-state index is 11.3. The lowest BCUT2D eigenvalue weighted by Gasteiger charge is -2.38. The van der Waals surface area contributed by atoms with E-state index in [2.05, 4.69) is 0 Å². The summed E-state index contributed by atoms with van der Waals surface area (Å²) in [6.45, 7) is 3.86. The fourth-order valence-electron chi connectivity index (χ4n) is 3.19. The standard InChI is InChI=1S/C18H19NO5/c1-13-3-7-15(8-4-13)18(23-19(20)21,17(24-22)11-12-17)16-9-5-14(2)6-10-16/h3-10,22H,11-12H2,1-2H3. The van der Waals surface area contributed by atoms with Crippen LogP contribution in [0.1, 0.15) is 35.1 Å². The molecule has 0 unspecified atom stereocenters. The van der Waals surface area contributed by atoms with E-state index in [1.165, 1.54) is 0 Å². The molecular weight excluding hydrogens is 310 g/mol. The SMILES string of the molecule is Cc1ccc(C(O[N+](=O)[O-])(c2ccc(C)cc2)C2(OO)CC2)cc1. The van der Waals surface area contributed by atoms with Crippen molar-refractivity contribution in [3.05, 3.63) is 80.9 Å². The molecule has 0 heterocycles. The molecule has 0 bridgehead atoms. The van der Waals surface area contributed by atoms with Crippen LogP contribution in [-0.2, 0) is 15.3 Å². The van der Waals surface area contributed by atoms with Crippen LogP contribution in [0.25, 0.3) is 0 Å². The number of rotatable bonds is 6. The summed E-state index contributed by atoms with van der Waals surface area (Å²) in [5, 5.41) is 20.0. The molecule has 2 aromatic carbocycles. The van der Waals surface area contributed by atoms with Crippen LogP contribution < -0.4 is 0 Å². The average Bonchev–Trinajstić information content (AvgIpc) is 3.35. The van der Waals surface area contributed by atoms with Gasteiger partial charge in [0.25, 0.3) is 5.09 Å². The van der Waals surface area contributed by atoms with E-state index < -0.39 is 16.3 Å². The molecule has 0 aromatic heterocycles. The predicted octanol–water partition coefficient (Wildman–Crippen LogP) is 3.78. The third kappa shape index (κ3) is 2.53. The van der Waals surface area contributed by atoms with E-state index >= 15 is 0 Å². The molecule has 1 aliphatic carbocycles. The smallest absolute Gasteiger partial charge is 0.294 e. The van der Waals surface area contributed by atoms with Crippen molar-refractivity contribution in [3.63, 3.8) is 0 Å². The summed E-state index contributed by atoms with van der Waals surface area (Å²) in [4.78, 5) is 21.3. The Kier molecular flexibility index (Phi) is 4.03. The van der Waals surface area contributed by atoms with E-state index in [4.69, 9.17) is 9.73 Å². The van der Waals surface area contributed by atoms with Crippen molar-refractivity contribution in [2.75, 3.05) is 0 Å². The van der Waals surface area contributed by atoms with Crippen molar-refractivity contribution in [1.82, 2.24) is 0 Å². The first-order valence-corrected chi connectivity index (χ1v) is 7.74. The van der Waals surface area contributed by atoms with Gasteiger partial charge in [0.05, 0.1) is 0 Å². The quantitative estimate of drug-likeness (QED) is 0.495. The molecule has 24 heavy (non-hydrogen) atoms. The monoisotopic (exact) mass is 329 g/mol. The first-order valence-electron chi connectivity index (χ1n) is 7.74. The molecule has 126 valence electrons. The molecule has 6 nitrogen and oxygen atoms in total. The van der Waals surface area contributed by atoms with Gasteiger partial charge in [0, 0.05) is 0 Å². The highest BCUT2D eigenvalue weighted by Crippen LogP contribution is 2.57. The minimum atomic E-state index is -1.52. The molecule has 1 saturated carbocycles. The number of hydrogen-bond acceptors (Lipinski definition) is 5. The maximum absolute atomic E-state index is 11.3. The molecule has 1 aliphatic rings. The van der Waals surface area contributed by atoms with Crippen LogP contribution in [0.5, 0.6) is 0 Å². The molecule has 0 spiro atoms. The van der Waals surface area contributed by atoms with E-state index in [1.807, 2.05) is 38.1 Å². The van der Waals surface area contributed by atoms with Crippen LogP contribution in [0.4, 0.5) is 0 Å². The lowest BCUT2D eigenvalue weighted by atomic mass is 9.79. The molecule has 0 atom stereocenters. The number of nitrogens with zero attached hydrogens (tertiary/aromatic N) is 1. The molecule has 3 rings (SSSR count). The van der Waals surface area contributed by atoms with Crippen LogP contribution in [0.15, 0.2) is 48.5 Å². The molecule has 0 aliphatic heterocycles. The van der Waals surface area contributed by atoms with Crippen LogP contribution in [0, 0.1) is 24.0 Å². The summed E-state index contributed by atoms with van der Waals surface area (Å²) >= 11 is 0. The van der Waals surface area contributed by atoms with Crippen LogP contribution in [0.3, 0.4) is 0 Å². The van der Waals surface area contributed by atoms with Gasteiger partial charge in [-0.15, -0.1) is 10.1 Å². The first kappa shape index (κ1) is 16.4. The van der Waals surface area contributed by atoms with Crippen molar-refractivity contribution < 1.29 is 20.1 Å². The van der Waals surface area contributed by atoms with Gasteiger partial charge in [-0.1, -0.05) is 59.7 Å². The normalized spacial score (nSPS) is 15.8. The third-order valence-electron chi connectivity index (χ3n) is 4.65.